The first-order chi connectivity index (χ1) is 5.74. The fraction of sp³-hybridized carbons (Fsp3) is 0. The van der Waals surface area contributed by atoms with Crippen LogP contribution < -0.4 is 0 Å². The number of carboxylic acids is 1. The van der Waals surface area contributed by atoms with Crippen molar-refractivity contribution in [3.63, 3.8) is 0 Å². The van der Waals surface area contributed by atoms with Crippen molar-refractivity contribution in [2.24, 2.45) is 0 Å². The van der Waals surface area contributed by atoms with Crippen molar-refractivity contribution in [3.8, 4) is 0 Å². The van der Waals surface area contributed by atoms with Crippen LogP contribution >= 0.6 is 11.3 Å². The van der Waals surface area contributed by atoms with Gasteiger partial charge in [-0.2, -0.15) is 0 Å². The molecule has 62 valence electrons. The normalized spacial score (nSPS) is 11.2. The summed E-state index contributed by atoms with van der Waals surface area (Å²) in [6.07, 6.45) is 2.93. The molecule has 0 aliphatic heterocycles. The second-order valence-corrected chi connectivity index (χ2v) is 3.10. The van der Waals surface area contributed by atoms with Crippen LogP contribution in [0, 0.1) is 0 Å². The predicted octanol–water partition coefficient (Wildman–Crippen LogP) is 2.40. The van der Waals surface area contributed by atoms with Gasteiger partial charge in [-0.15, -0.1) is 11.3 Å². The standard InChI is InChI=1S/C9H8O2S/c1-2-7(9(10)11)6-8-4-3-5-12-8/h2-6H,1H2,(H,10,11). The van der Waals surface area contributed by atoms with E-state index in [9.17, 15) is 4.79 Å². The van der Waals surface area contributed by atoms with Crippen LogP contribution in [0.25, 0.3) is 6.08 Å². The molecular formula is C9H8O2S. The van der Waals surface area contributed by atoms with E-state index in [2.05, 4.69) is 6.58 Å². The Morgan fingerprint density at radius 1 is 1.67 bits per heavy atom. The first-order valence-corrected chi connectivity index (χ1v) is 4.23. The summed E-state index contributed by atoms with van der Waals surface area (Å²) < 4.78 is 0. The molecule has 3 heteroatoms. The molecule has 0 radical (unpaired) electrons. The van der Waals surface area contributed by atoms with Crippen LogP contribution in [0.15, 0.2) is 35.7 Å². The molecule has 1 aromatic heterocycles. The number of carbonyl (C=O) groups is 1. The zero-order valence-electron chi connectivity index (χ0n) is 6.36. The Labute approximate surface area is 74.5 Å². The van der Waals surface area contributed by atoms with Crippen molar-refractivity contribution in [1.29, 1.82) is 0 Å². The van der Waals surface area contributed by atoms with E-state index in [1.165, 1.54) is 17.4 Å². The Morgan fingerprint density at radius 3 is 2.83 bits per heavy atom. The molecular weight excluding hydrogens is 172 g/mol. The molecule has 0 amide bonds. The minimum Gasteiger partial charge on any atom is -0.478 e. The van der Waals surface area contributed by atoms with Gasteiger partial charge in [-0.05, 0) is 17.5 Å². The maximum Gasteiger partial charge on any atom is 0.335 e. The highest BCUT2D eigenvalue weighted by Gasteiger charge is 2.01. The van der Waals surface area contributed by atoms with Crippen LogP contribution in [0.3, 0.4) is 0 Å². The smallest absolute Gasteiger partial charge is 0.335 e. The summed E-state index contributed by atoms with van der Waals surface area (Å²) in [4.78, 5) is 11.4. The SMILES string of the molecule is C=CC(=Cc1cccs1)C(=O)O. The molecule has 0 aliphatic rings. The van der Waals surface area contributed by atoms with Crippen LogP contribution in [-0.2, 0) is 4.79 Å². The zero-order valence-corrected chi connectivity index (χ0v) is 7.17. The van der Waals surface area contributed by atoms with E-state index in [-0.39, 0.29) is 5.57 Å². The first kappa shape index (κ1) is 8.74. The molecule has 0 fully saturated rings. The monoisotopic (exact) mass is 180 g/mol. The summed E-state index contributed by atoms with van der Waals surface area (Å²) in [5.74, 6) is -0.946. The van der Waals surface area contributed by atoms with Gasteiger partial charge in [0.05, 0.1) is 5.57 Å². The van der Waals surface area contributed by atoms with Gasteiger partial charge in [0.15, 0.2) is 0 Å². The van der Waals surface area contributed by atoms with Crippen molar-refractivity contribution in [2.75, 3.05) is 0 Å². The summed E-state index contributed by atoms with van der Waals surface area (Å²) in [7, 11) is 0. The Balaban J connectivity index is 2.93. The van der Waals surface area contributed by atoms with Gasteiger partial charge >= 0.3 is 5.97 Å². The molecule has 0 spiro atoms. The summed E-state index contributed by atoms with van der Waals surface area (Å²) >= 11 is 1.50. The molecule has 0 saturated carbocycles. The van der Waals surface area contributed by atoms with Crippen molar-refractivity contribution < 1.29 is 9.90 Å². The maximum atomic E-state index is 10.5. The average molecular weight is 180 g/mol. The number of carboxylic acid groups (broad SMARTS) is 1. The molecule has 0 aromatic carbocycles. The van der Waals surface area contributed by atoms with Gasteiger partial charge in [0, 0.05) is 4.88 Å². The maximum absolute atomic E-state index is 10.5. The predicted molar refractivity (Wildman–Crippen MR) is 50.1 cm³/mol. The molecule has 0 saturated heterocycles. The molecule has 1 aromatic rings. The molecule has 0 bridgehead atoms. The van der Waals surface area contributed by atoms with Gasteiger partial charge in [-0.1, -0.05) is 18.7 Å². The molecule has 0 unspecified atom stereocenters. The van der Waals surface area contributed by atoms with E-state index >= 15 is 0 Å². The highest BCUT2D eigenvalue weighted by Crippen LogP contribution is 2.13. The topological polar surface area (TPSA) is 37.3 Å². The Bertz CT molecular complexity index is 309. The highest BCUT2D eigenvalue weighted by molar-refractivity contribution is 7.10. The van der Waals surface area contributed by atoms with Crippen LogP contribution in [0.1, 0.15) is 4.88 Å². The lowest BCUT2D eigenvalue weighted by Gasteiger charge is -1.91. The molecule has 0 aliphatic carbocycles. The van der Waals surface area contributed by atoms with E-state index < -0.39 is 5.97 Å². The second-order valence-electron chi connectivity index (χ2n) is 2.12. The average Bonchev–Trinajstić information content (AvgIpc) is 2.51. The summed E-state index contributed by atoms with van der Waals surface area (Å²) in [5.41, 5.74) is 0.220. The largest absolute Gasteiger partial charge is 0.478 e. The highest BCUT2D eigenvalue weighted by atomic mass is 32.1. The lowest BCUT2D eigenvalue weighted by molar-refractivity contribution is -0.132. The van der Waals surface area contributed by atoms with Crippen molar-refractivity contribution >= 4 is 23.4 Å². The molecule has 1 rings (SSSR count). The number of hydrogen-bond acceptors (Lipinski definition) is 2. The van der Waals surface area contributed by atoms with Crippen molar-refractivity contribution in [3.05, 3.63) is 40.6 Å². The van der Waals surface area contributed by atoms with E-state index in [1.54, 1.807) is 6.08 Å². The summed E-state index contributed by atoms with van der Waals surface area (Å²) in [5, 5.41) is 10.5. The minimum atomic E-state index is -0.946. The van der Waals surface area contributed by atoms with Crippen LogP contribution in [0.4, 0.5) is 0 Å². The van der Waals surface area contributed by atoms with Crippen molar-refractivity contribution in [1.82, 2.24) is 0 Å². The fourth-order valence-corrected chi connectivity index (χ4v) is 1.40. The molecule has 1 heterocycles. The Hall–Kier alpha value is -1.35. The van der Waals surface area contributed by atoms with Gasteiger partial charge in [-0.3, -0.25) is 0 Å². The Kier molecular flexibility index (Phi) is 2.82. The quantitative estimate of drug-likeness (QED) is 0.573. The minimum absolute atomic E-state index is 0.220. The third-order valence-electron chi connectivity index (χ3n) is 1.31. The van der Waals surface area contributed by atoms with Crippen LogP contribution in [0.5, 0.6) is 0 Å². The first-order valence-electron chi connectivity index (χ1n) is 3.35. The lowest BCUT2D eigenvalue weighted by atomic mass is 10.2. The molecule has 0 atom stereocenters. The van der Waals surface area contributed by atoms with E-state index in [1.807, 2.05) is 17.5 Å². The number of thiophene rings is 1. The van der Waals surface area contributed by atoms with Gasteiger partial charge < -0.3 is 5.11 Å². The van der Waals surface area contributed by atoms with E-state index in [4.69, 9.17) is 5.11 Å². The number of hydrogen-bond donors (Lipinski definition) is 1. The third-order valence-corrected chi connectivity index (χ3v) is 2.13. The molecule has 2 nitrogen and oxygen atoms in total. The second kappa shape index (κ2) is 3.88. The van der Waals surface area contributed by atoms with Gasteiger partial charge in [0.2, 0.25) is 0 Å². The number of rotatable bonds is 3. The fourth-order valence-electron chi connectivity index (χ4n) is 0.735. The van der Waals surface area contributed by atoms with Gasteiger partial charge in [0.1, 0.15) is 0 Å². The van der Waals surface area contributed by atoms with Crippen LogP contribution in [-0.4, -0.2) is 11.1 Å². The third kappa shape index (κ3) is 2.07. The zero-order chi connectivity index (χ0) is 8.97. The molecule has 12 heavy (non-hydrogen) atoms. The Morgan fingerprint density at radius 2 is 2.42 bits per heavy atom. The van der Waals surface area contributed by atoms with Crippen molar-refractivity contribution in [2.45, 2.75) is 0 Å². The lowest BCUT2D eigenvalue weighted by Crippen LogP contribution is -1.95. The molecule has 1 N–H and O–H groups in total. The summed E-state index contributed by atoms with van der Waals surface area (Å²) in [6, 6.07) is 3.73. The summed E-state index contributed by atoms with van der Waals surface area (Å²) in [6.45, 7) is 3.42. The van der Waals surface area contributed by atoms with Gasteiger partial charge in [-0.25, -0.2) is 4.79 Å². The number of aliphatic carboxylic acids is 1. The van der Waals surface area contributed by atoms with Crippen LogP contribution in [0.2, 0.25) is 0 Å². The van der Waals surface area contributed by atoms with E-state index in [0.717, 1.165) is 4.88 Å². The van der Waals surface area contributed by atoms with Gasteiger partial charge in [0.25, 0.3) is 0 Å². The van der Waals surface area contributed by atoms with E-state index in [0.29, 0.717) is 0 Å².